The Hall–Kier alpha value is -3.28. The van der Waals surface area contributed by atoms with Gasteiger partial charge in [-0.2, -0.15) is 0 Å². The van der Waals surface area contributed by atoms with Crippen LogP contribution in [0.15, 0.2) is 54.2 Å². The van der Waals surface area contributed by atoms with Crippen molar-refractivity contribution in [2.45, 2.75) is 26.8 Å². The molecule has 0 bridgehead atoms. The van der Waals surface area contributed by atoms with Gasteiger partial charge in [0.25, 0.3) is 11.8 Å². The van der Waals surface area contributed by atoms with Gasteiger partial charge in [0.15, 0.2) is 0 Å². The third kappa shape index (κ3) is 3.58. The minimum absolute atomic E-state index is 0.246. The number of rotatable bonds is 7. The molecule has 3 rings (SSSR count). The van der Waals surface area contributed by atoms with Crippen LogP contribution < -0.4 is 14.8 Å². The minimum atomic E-state index is -0.350. The Labute approximate surface area is 164 Å². The van der Waals surface area contributed by atoms with Gasteiger partial charge in [-0.3, -0.25) is 14.5 Å². The Balaban J connectivity index is 2.09. The maximum atomic E-state index is 13.1. The van der Waals surface area contributed by atoms with Crippen LogP contribution in [0.4, 0.5) is 5.69 Å². The number of methoxy groups -OCH3 is 1. The van der Waals surface area contributed by atoms with Gasteiger partial charge in [-0.1, -0.05) is 24.3 Å². The van der Waals surface area contributed by atoms with Gasteiger partial charge in [0.05, 0.1) is 25.0 Å². The molecule has 0 spiro atoms. The number of hydrogen-bond acceptors (Lipinski definition) is 5. The topological polar surface area (TPSA) is 67.9 Å². The van der Waals surface area contributed by atoms with E-state index in [0.29, 0.717) is 34.9 Å². The van der Waals surface area contributed by atoms with Gasteiger partial charge in [0.2, 0.25) is 0 Å². The van der Waals surface area contributed by atoms with Crippen molar-refractivity contribution in [2.24, 2.45) is 0 Å². The van der Waals surface area contributed by atoms with Crippen LogP contribution in [0.2, 0.25) is 0 Å². The van der Waals surface area contributed by atoms with Crippen LogP contribution in [0.25, 0.3) is 5.57 Å². The van der Waals surface area contributed by atoms with E-state index in [0.717, 1.165) is 0 Å². The second-order valence-corrected chi connectivity index (χ2v) is 6.61. The Morgan fingerprint density at radius 1 is 1.00 bits per heavy atom. The van der Waals surface area contributed by atoms with Crippen LogP contribution >= 0.6 is 0 Å². The largest absolute Gasteiger partial charge is 0.497 e. The van der Waals surface area contributed by atoms with Gasteiger partial charge in [0, 0.05) is 6.04 Å². The lowest BCUT2D eigenvalue weighted by Crippen LogP contribution is -2.38. The van der Waals surface area contributed by atoms with E-state index in [-0.39, 0.29) is 23.6 Å². The predicted octanol–water partition coefficient (Wildman–Crippen LogP) is 3.69. The van der Waals surface area contributed by atoms with Crippen molar-refractivity contribution >= 4 is 23.1 Å². The van der Waals surface area contributed by atoms with E-state index in [1.165, 1.54) is 4.90 Å². The molecular formula is C22H24N2O4. The summed E-state index contributed by atoms with van der Waals surface area (Å²) in [5.41, 5.74) is 1.87. The molecule has 1 N–H and O–H groups in total. The molecule has 6 nitrogen and oxygen atoms in total. The molecule has 2 aromatic carbocycles. The monoisotopic (exact) mass is 380 g/mol. The molecule has 6 heteroatoms. The predicted molar refractivity (Wildman–Crippen MR) is 108 cm³/mol. The normalized spacial score (nSPS) is 14.1. The van der Waals surface area contributed by atoms with Crippen LogP contribution in [-0.4, -0.2) is 36.5 Å². The number of anilines is 1. The zero-order valence-corrected chi connectivity index (χ0v) is 16.5. The zero-order valence-electron chi connectivity index (χ0n) is 16.5. The van der Waals surface area contributed by atoms with E-state index in [4.69, 9.17) is 9.47 Å². The molecule has 0 aromatic heterocycles. The quantitative estimate of drug-likeness (QED) is 0.742. The summed E-state index contributed by atoms with van der Waals surface area (Å²) in [7, 11) is 1.58. The fourth-order valence-electron chi connectivity index (χ4n) is 3.14. The summed E-state index contributed by atoms with van der Waals surface area (Å²) in [6.45, 7) is 6.02. The summed E-state index contributed by atoms with van der Waals surface area (Å²) in [6, 6.07) is 14.2. The lowest BCUT2D eigenvalue weighted by atomic mass is 10.0. The standard InChI is InChI=1S/C22H24N2O4/c1-5-28-18-9-7-6-8-17(18)23-20-19(15-10-12-16(27-4)13-11-15)21(25)24(14(2)3)22(20)26/h6-14,23H,5H2,1-4H3. The Bertz CT molecular complexity index is 916. The fraction of sp³-hybridized carbons (Fsp3) is 0.273. The number of benzene rings is 2. The molecular weight excluding hydrogens is 356 g/mol. The first-order chi connectivity index (χ1) is 13.5. The van der Waals surface area contributed by atoms with Gasteiger partial charge in [-0.15, -0.1) is 0 Å². The first kappa shape index (κ1) is 19.5. The van der Waals surface area contributed by atoms with E-state index < -0.39 is 0 Å². The molecule has 0 saturated heterocycles. The first-order valence-corrected chi connectivity index (χ1v) is 9.23. The molecule has 0 atom stereocenters. The number of ether oxygens (including phenoxy) is 2. The summed E-state index contributed by atoms with van der Waals surface area (Å²) >= 11 is 0. The number of imide groups is 1. The highest BCUT2D eigenvalue weighted by Crippen LogP contribution is 2.34. The second kappa shape index (κ2) is 8.17. The number of hydrogen-bond donors (Lipinski definition) is 1. The smallest absolute Gasteiger partial charge is 0.278 e. The highest BCUT2D eigenvalue weighted by atomic mass is 16.5. The Kier molecular flexibility index (Phi) is 5.68. The minimum Gasteiger partial charge on any atom is -0.497 e. The van der Waals surface area contributed by atoms with Crippen molar-refractivity contribution in [3.05, 3.63) is 59.8 Å². The molecule has 0 fully saturated rings. The lowest BCUT2D eigenvalue weighted by molar-refractivity contribution is -0.138. The summed E-state index contributed by atoms with van der Waals surface area (Å²) in [5.74, 6) is 0.631. The average Bonchev–Trinajstić information content (AvgIpc) is 2.93. The summed E-state index contributed by atoms with van der Waals surface area (Å²) < 4.78 is 10.8. The maximum Gasteiger partial charge on any atom is 0.278 e. The molecule has 2 amide bonds. The molecule has 1 aliphatic heterocycles. The van der Waals surface area contributed by atoms with Crippen LogP contribution in [0.5, 0.6) is 11.5 Å². The number of nitrogens with one attached hydrogen (secondary N) is 1. The van der Waals surface area contributed by atoms with E-state index in [9.17, 15) is 9.59 Å². The van der Waals surface area contributed by atoms with Crippen LogP contribution in [0.1, 0.15) is 26.3 Å². The molecule has 0 saturated carbocycles. The van der Waals surface area contributed by atoms with Gasteiger partial charge < -0.3 is 14.8 Å². The van der Waals surface area contributed by atoms with Crippen molar-refractivity contribution in [3.8, 4) is 11.5 Å². The van der Waals surface area contributed by atoms with Crippen molar-refractivity contribution in [1.29, 1.82) is 0 Å². The highest BCUT2D eigenvalue weighted by Gasteiger charge is 2.40. The van der Waals surface area contributed by atoms with Crippen LogP contribution in [0, 0.1) is 0 Å². The van der Waals surface area contributed by atoms with Crippen molar-refractivity contribution in [1.82, 2.24) is 4.90 Å². The molecule has 0 radical (unpaired) electrons. The molecule has 1 aliphatic rings. The van der Waals surface area contributed by atoms with E-state index in [1.54, 1.807) is 31.4 Å². The Morgan fingerprint density at radius 2 is 1.68 bits per heavy atom. The van der Waals surface area contributed by atoms with Crippen molar-refractivity contribution in [2.75, 3.05) is 19.0 Å². The summed E-state index contributed by atoms with van der Waals surface area (Å²) in [4.78, 5) is 27.4. The average molecular weight is 380 g/mol. The highest BCUT2D eigenvalue weighted by molar-refractivity contribution is 6.36. The van der Waals surface area contributed by atoms with Crippen LogP contribution in [0.3, 0.4) is 0 Å². The molecule has 146 valence electrons. The molecule has 28 heavy (non-hydrogen) atoms. The van der Waals surface area contributed by atoms with E-state index in [1.807, 2.05) is 45.0 Å². The summed E-state index contributed by atoms with van der Waals surface area (Å²) in [6.07, 6.45) is 0. The number of amides is 2. The van der Waals surface area contributed by atoms with Gasteiger partial charge >= 0.3 is 0 Å². The van der Waals surface area contributed by atoms with Crippen molar-refractivity contribution in [3.63, 3.8) is 0 Å². The number of para-hydroxylation sites is 2. The zero-order chi connectivity index (χ0) is 20.3. The molecule has 2 aromatic rings. The van der Waals surface area contributed by atoms with Crippen molar-refractivity contribution < 1.29 is 19.1 Å². The maximum absolute atomic E-state index is 13.1. The van der Waals surface area contributed by atoms with E-state index >= 15 is 0 Å². The second-order valence-electron chi connectivity index (χ2n) is 6.61. The lowest BCUT2D eigenvalue weighted by Gasteiger charge is -2.19. The van der Waals surface area contributed by atoms with Crippen LogP contribution in [-0.2, 0) is 9.59 Å². The first-order valence-electron chi connectivity index (χ1n) is 9.23. The molecule has 1 heterocycles. The SMILES string of the molecule is CCOc1ccccc1NC1=C(c2ccc(OC)cc2)C(=O)N(C(C)C)C1=O. The molecule has 0 aliphatic carbocycles. The van der Waals surface area contributed by atoms with Gasteiger partial charge in [0.1, 0.15) is 17.2 Å². The third-order valence-electron chi connectivity index (χ3n) is 4.46. The summed E-state index contributed by atoms with van der Waals surface area (Å²) in [5, 5.41) is 3.15. The van der Waals surface area contributed by atoms with Gasteiger partial charge in [-0.05, 0) is 50.6 Å². The van der Waals surface area contributed by atoms with E-state index in [2.05, 4.69) is 5.32 Å². The Morgan fingerprint density at radius 3 is 2.29 bits per heavy atom. The third-order valence-corrected chi connectivity index (χ3v) is 4.46. The number of nitrogens with zero attached hydrogens (tertiary/aromatic N) is 1. The number of carbonyl (C=O) groups excluding carboxylic acids is 2. The number of carbonyl (C=O) groups is 2. The molecule has 0 unspecified atom stereocenters. The van der Waals surface area contributed by atoms with Gasteiger partial charge in [-0.25, -0.2) is 0 Å². The fourth-order valence-corrected chi connectivity index (χ4v) is 3.14.